The lowest BCUT2D eigenvalue weighted by molar-refractivity contribution is 0.601. The minimum atomic E-state index is -3.59. The van der Waals surface area contributed by atoms with Gasteiger partial charge >= 0.3 is 0 Å². The fourth-order valence-corrected chi connectivity index (χ4v) is 7.12. The van der Waals surface area contributed by atoms with Gasteiger partial charge in [0, 0.05) is 12.2 Å². The molecule has 0 aliphatic carbocycles. The Bertz CT molecular complexity index is 787. The van der Waals surface area contributed by atoms with Gasteiger partial charge in [-0.25, -0.2) is 8.42 Å². The molecule has 4 nitrogen and oxygen atoms in total. The molecule has 3 rings (SSSR count). The van der Waals surface area contributed by atoms with Crippen LogP contribution in [0.25, 0.3) is 0 Å². The van der Waals surface area contributed by atoms with E-state index in [1.54, 1.807) is 6.07 Å². The molecule has 0 unspecified atom stereocenters. The lowest BCUT2D eigenvalue weighted by atomic mass is 10.0. The van der Waals surface area contributed by atoms with Crippen LogP contribution in [0.1, 0.15) is 11.1 Å². The summed E-state index contributed by atoms with van der Waals surface area (Å²) in [5.41, 5.74) is 3.01. The number of fused-ring (bicyclic) bond motifs is 1. The molecule has 0 amide bonds. The molecule has 1 aromatic carbocycles. The average molecular weight is 452 g/mol. The standard InChI is InChI=1S/C13H12Br2N2O2S2/c14-12-6-11(13(15)20-12)21(18,19)17-10-2-1-8-3-4-16-7-9(8)5-10/h1-2,5-6,16-17H,3-4,7H2. The van der Waals surface area contributed by atoms with Crippen molar-refractivity contribution in [3.8, 4) is 0 Å². The van der Waals surface area contributed by atoms with Gasteiger partial charge in [0.1, 0.15) is 4.90 Å². The van der Waals surface area contributed by atoms with Crippen molar-refractivity contribution in [2.75, 3.05) is 11.3 Å². The molecule has 2 N–H and O–H groups in total. The Balaban J connectivity index is 1.90. The van der Waals surface area contributed by atoms with E-state index in [0.29, 0.717) is 9.47 Å². The number of thiophene rings is 1. The molecule has 1 aliphatic rings. The normalized spacial score (nSPS) is 14.8. The van der Waals surface area contributed by atoms with Gasteiger partial charge in [-0.05, 0) is 74.2 Å². The molecule has 0 radical (unpaired) electrons. The van der Waals surface area contributed by atoms with Crippen molar-refractivity contribution < 1.29 is 8.42 Å². The van der Waals surface area contributed by atoms with Crippen molar-refractivity contribution in [3.63, 3.8) is 0 Å². The third-order valence-electron chi connectivity index (χ3n) is 3.26. The highest BCUT2D eigenvalue weighted by Crippen LogP contribution is 2.35. The van der Waals surface area contributed by atoms with Crippen LogP contribution in [0.15, 0.2) is 36.7 Å². The van der Waals surface area contributed by atoms with Crippen LogP contribution in [0.4, 0.5) is 5.69 Å². The monoisotopic (exact) mass is 450 g/mol. The van der Waals surface area contributed by atoms with Gasteiger partial charge in [0.2, 0.25) is 0 Å². The highest BCUT2D eigenvalue weighted by atomic mass is 79.9. The van der Waals surface area contributed by atoms with E-state index in [2.05, 4.69) is 41.9 Å². The predicted octanol–water partition coefficient (Wildman–Crippen LogP) is 3.72. The molecular formula is C13H12Br2N2O2S2. The van der Waals surface area contributed by atoms with Gasteiger partial charge in [-0.2, -0.15) is 0 Å². The number of nitrogens with one attached hydrogen (secondary N) is 2. The van der Waals surface area contributed by atoms with Gasteiger partial charge < -0.3 is 5.32 Å². The first-order chi connectivity index (χ1) is 9.95. The van der Waals surface area contributed by atoms with Gasteiger partial charge in [0.15, 0.2) is 0 Å². The van der Waals surface area contributed by atoms with Gasteiger partial charge in [0.25, 0.3) is 10.0 Å². The van der Waals surface area contributed by atoms with Gasteiger partial charge in [0.05, 0.1) is 7.57 Å². The van der Waals surface area contributed by atoms with Gasteiger partial charge in [-0.1, -0.05) is 6.07 Å². The molecule has 1 aromatic heterocycles. The van der Waals surface area contributed by atoms with Crippen LogP contribution < -0.4 is 10.0 Å². The zero-order valence-electron chi connectivity index (χ0n) is 10.8. The maximum Gasteiger partial charge on any atom is 0.263 e. The summed E-state index contributed by atoms with van der Waals surface area (Å²) < 4.78 is 28.9. The van der Waals surface area contributed by atoms with Crippen molar-refractivity contribution in [2.24, 2.45) is 0 Å². The summed E-state index contributed by atoms with van der Waals surface area (Å²) in [5, 5.41) is 3.29. The van der Waals surface area contributed by atoms with Crippen molar-refractivity contribution in [1.29, 1.82) is 0 Å². The van der Waals surface area contributed by atoms with Crippen LogP contribution in [0.2, 0.25) is 0 Å². The van der Waals surface area contributed by atoms with E-state index >= 15 is 0 Å². The molecule has 2 aromatic rings. The lowest BCUT2D eigenvalue weighted by Crippen LogP contribution is -2.23. The Kier molecular flexibility index (Phi) is 4.42. The average Bonchev–Trinajstić information content (AvgIpc) is 2.78. The molecule has 0 bridgehead atoms. The third kappa shape index (κ3) is 3.34. The second kappa shape index (κ2) is 6.00. The Morgan fingerprint density at radius 3 is 2.71 bits per heavy atom. The van der Waals surface area contributed by atoms with Crippen LogP contribution in [-0.2, 0) is 23.0 Å². The number of sulfonamides is 1. The molecule has 0 fully saturated rings. The summed E-state index contributed by atoms with van der Waals surface area (Å²) in [5.74, 6) is 0. The van der Waals surface area contributed by atoms with E-state index in [9.17, 15) is 8.42 Å². The number of halogens is 2. The highest BCUT2D eigenvalue weighted by molar-refractivity contribution is 9.12. The maximum absolute atomic E-state index is 12.4. The highest BCUT2D eigenvalue weighted by Gasteiger charge is 2.21. The van der Waals surface area contributed by atoms with E-state index in [0.717, 1.165) is 28.9 Å². The molecule has 0 saturated carbocycles. The number of hydrogen-bond acceptors (Lipinski definition) is 4. The number of anilines is 1. The minimum Gasteiger partial charge on any atom is -0.312 e. The lowest BCUT2D eigenvalue weighted by Gasteiger charge is -2.18. The Hall–Kier alpha value is -0.410. The molecule has 0 spiro atoms. The Morgan fingerprint density at radius 1 is 1.19 bits per heavy atom. The number of rotatable bonds is 3. The second-order valence-corrected chi connectivity index (χ2v) is 10.1. The molecule has 112 valence electrons. The quantitative estimate of drug-likeness (QED) is 0.747. The molecule has 21 heavy (non-hydrogen) atoms. The Morgan fingerprint density at radius 2 is 2.00 bits per heavy atom. The fourth-order valence-electron chi connectivity index (χ4n) is 2.26. The first kappa shape index (κ1) is 15.5. The summed E-state index contributed by atoms with van der Waals surface area (Å²) in [6, 6.07) is 7.30. The summed E-state index contributed by atoms with van der Waals surface area (Å²) in [6.07, 6.45) is 0.978. The van der Waals surface area contributed by atoms with E-state index < -0.39 is 10.0 Å². The van der Waals surface area contributed by atoms with E-state index in [-0.39, 0.29) is 4.90 Å². The molecule has 1 aliphatic heterocycles. The summed E-state index contributed by atoms with van der Waals surface area (Å²) in [4.78, 5) is 0.246. The smallest absolute Gasteiger partial charge is 0.263 e. The maximum atomic E-state index is 12.4. The fraction of sp³-hybridized carbons (Fsp3) is 0.231. The van der Waals surface area contributed by atoms with E-state index in [1.165, 1.54) is 16.9 Å². The van der Waals surface area contributed by atoms with Gasteiger partial charge in [-0.3, -0.25) is 4.72 Å². The van der Waals surface area contributed by atoms with Crippen molar-refractivity contribution in [1.82, 2.24) is 5.32 Å². The number of hydrogen-bond donors (Lipinski definition) is 2. The zero-order chi connectivity index (χ0) is 15.0. The van der Waals surface area contributed by atoms with Crippen molar-refractivity contribution in [3.05, 3.63) is 43.0 Å². The largest absolute Gasteiger partial charge is 0.312 e. The van der Waals surface area contributed by atoms with Gasteiger partial charge in [-0.15, -0.1) is 11.3 Å². The minimum absolute atomic E-state index is 0.246. The summed E-state index contributed by atoms with van der Waals surface area (Å²) in [7, 11) is -3.59. The first-order valence-electron chi connectivity index (χ1n) is 6.26. The van der Waals surface area contributed by atoms with Crippen LogP contribution >= 0.6 is 43.2 Å². The van der Waals surface area contributed by atoms with Crippen LogP contribution in [0.5, 0.6) is 0 Å². The predicted molar refractivity (Wildman–Crippen MR) is 92.4 cm³/mol. The topological polar surface area (TPSA) is 58.2 Å². The molecule has 2 heterocycles. The van der Waals surface area contributed by atoms with Crippen LogP contribution in [-0.4, -0.2) is 15.0 Å². The van der Waals surface area contributed by atoms with E-state index in [4.69, 9.17) is 0 Å². The van der Waals surface area contributed by atoms with Crippen molar-refractivity contribution >= 4 is 58.9 Å². The van der Waals surface area contributed by atoms with Crippen LogP contribution in [0, 0.1) is 0 Å². The third-order valence-corrected chi connectivity index (χ3v) is 7.40. The van der Waals surface area contributed by atoms with E-state index in [1.807, 2.05) is 18.2 Å². The molecule has 8 heteroatoms. The number of benzene rings is 1. The summed E-state index contributed by atoms with van der Waals surface area (Å²) in [6.45, 7) is 1.74. The first-order valence-corrected chi connectivity index (χ1v) is 10.1. The second-order valence-electron chi connectivity index (χ2n) is 4.70. The molecular weight excluding hydrogens is 440 g/mol. The summed E-state index contributed by atoms with van der Waals surface area (Å²) >= 11 is 7.92. The van der Waals surface area contributed by atoms with Crippen molar-refractivity contribution in [2.45, 2.75) is 17.9 Å². The Labute approximate surface area is 144 Å². The zero-order valence-corrected chi connectivity index (χ0v) is 15.6. The molecule has 0 atom stereocenters. The molecule has 0 saturated heterocycles. The van der Waals surface area contributed by atoms with Crippen LogP contribution in [0.3, 0.4) is 0 Å². The SMILES string of the molecule is O=S(=O)(Nc1ccc2c(c1)CNCC2)c1cc(Br)sc1Br.